The number of nitrogens with zero attached hydrogens (tertiary/aromatic N) is 1. The molecule has 1 aromatic heterocycles. The number of hydrogen-bond acceptors (Lipinski definition) is 4. The van der Waals surface area contributed by atoms with Crippen LogP contribution in [0.5, 0.6) is 0 Å². The minimum atomic E-state index is -0.938. The molecule has 124 valence electrons. The van der Waals surface area contributed by atoms with Gasteiger partial charge in [-0.25, -0.2) is 13.8 Å². The fourth-order valence-electron chi connectivity index (χ4n) is 2.09. The lowest BCUT2D eigenvalue weighted by molar-refractivity contribution is 0.0946. The fourth-order valence-corrected chi connectivity index (χ4v) is 2.91. The second kappa shape index (κ2) is 7.61. The molecule has 0 fully saturated rings. The molecule has 1 atom stereocenters. The minimum Gasteiger partial charge on any atom is -0.347 e. The van der Waals surface area contributed by atoms with Crippen molar-refractivity contribution in [1.82, 2.24) is 10.3 Å². The van der Waals surface area contributed by atoms with Gasteiger partial charge in [0.05, 0.1) is 6.04 Å². The third-order valence-corrected chi connectivity index (χ3v) is 4.21. The Morgan fingerprint density at radius 1 is 1.35 bits per heavy atom. The van der Waals surface area contributed by atoms with Gasteiger partial charge in [-0.05, 0) is 30.0 Å². The summed E-state index contributed by atoms with van der Waals surface area (Å²) in [5.41, 5.74) is 6.80. The van der Waals surface area contributed by atoms with E-state index in [4.69, 9.17) is 5.73 Å². The normalized spacial score (nSPS) is 12.4. The minimum absolute atomic E-state index is 0.0982. The number of thiazole rings is 1. The van der Waals surface area contributed by atoms with Crippen molar-refractivity contribution in [2.24, 2.45) is 11.7 Å². The second-order valence-electron chi connectivity index (χ2n) is 5.74. The van der Waals surface area contributed by atoms with Crippen LogP contribution in [0.15, 0.2) is 23.6 Å². The summed E-state index contributed by atoms with van der Waals surface area (Å²) in [7, 11) is 0. The summed E-state index contributed by atoms with van der Waals surface area (Å²) in [4.78, 5) is 16.3. The predicted octanol–water partition coefficient (Wildman–Crippen LogP) is 3.40. The van der Waals surface area contributed by atoms with Crippen molar-refractivity contribution >= 4 is 17.2 Å². The molecule has 1 aromatic carbocycles. The molecule has 0 saturated carbocycles. The third kappa shape index (κ3) is 4.80. The summed E-state index contributed by atoms with van der Waals surface area (Å²) < 4.78 is 26.0. The number of hydrogen-bond donors (Lipinski definition) is 2. The van der Waals surface area contributed by atoms with Crippen LogP contribution in [0.4, 0.5) is 8.78 Å². The first-order valence-electron chi connectivity index (χ1n) is 7.30. The Bertz CT molecular complexity index is 688. The highest BCUT2D eigenvalue weighted by Gasteiger charge is 2.16. The van der Waals surface area contributed by atoms with Crippen molar-refractivity contribution in [2.75, 3.05) is 0 Å². The molecule has 3 N–H and O–H groups in total. The van der Waals surface area contributed by atoms with Crippen molar-refractivity contribution in [1.29, 1.82) is 0 Å². The van der Waals surface area contributed by atoms with Gasteiger partial charge >= 0.3 is 0 Å². The van der Waals surface area contributed by atoms with Crippen molar-refractivity contribution in [3.63, 3.8) is 0 Å². The lowest BCUT2D eigenvalue weighted by atomic mass is 10.1. The first-order chi connectivity index (χ1) is 10.9. The molecule has 0 saturated heterocycles. The fraction of sp³-hybridized carbons (Fsp3) is 0.375. The van der Waals surface area contributed by atoms with Gasteiger partial charge in [-0.2, -0.15) is 0 Å². The molecule has 1 amide bonds. The predicted molar refractivity (Wildman–Crippen MR) is 86.0 cm³/mol. The number of amides is 1. The Hall–Kier alpha value is -1.86. The third-order valence-electron chi connectivity index (χ3n) is 3.23. The number of benzene rings is 1. The Labute approximate surface area is 137 Å². The molecule has 2 rings (SSSR count). The summed E-state index contributed by atoms with van der Waals surface area (Å²) >= 11 is 1.35. The van der Waals surface area contributed by atoms with Gasteiger partial charge in [0.2, 0.25) is 0 Å². The molecule has 1 heterocycles. The van der Waals surface area contributed by atoms with E-state index >= 15 is 0 Å². The summed E-state index contributed by atoms with van der Waals surface area (Å²) in [6.07, 6.45) is 0.795. The van der Waals surface area contributed by atoms with Crippen molar-refractivity contribution < 1.29 is 13.6 Å². The smallest absolute Gasteiger partial charge is 0.271 e. The monoisotopic (exact) mass is 339 g/mol. The zero-order valence-electron chi connectivity index (χ0n) is 13.0. The molecule has 0 bridgehead atoms. The van der Waals surface area contributed by atoms with E-state index in [9.17, 15) is 13.6 Å². The van der Waals surface area contributed by atoms with E-state index in [1.54, 1.807) is 5.38 Å². The average Bonchev–Trinajstić information content (AvgIpc) is 2.97. The highest BCUT2D eigenvalue weighted by atomic mass is 32.1. The van der Waals surface area contributed by atoms with E-state index in [1.165, 1.54) is 17.4 Å². The van der Waals surface area contributed by atoms with Gasteiger partial charge in [-0.1, -0.05) is 19.9 Å². The highest BCUT2D eigenvalue weighted by molar-refractivity contribution is 7.09. The van der Waals surface area contributed by atoms with Gasteiger partial charge in [0.15, 0.2) is 11.6 Å². The topological polar surface area (TPSA) is 68.0 Å². The van der Waals surface area contributed by atoms with Crippen LogP contribution in [0.1, 0.15) is 47.4 Å². The molecule has 0 radical (unpaired) electrons. The Morgan fingerprint density at radius 3 is 2.74 bits per heavy atom. The number of carbonyl (C=O) groups excluding carboxylic acids is 1. The summed E-state index contributed by atoms with van der Waals surface area (Å²) in [5, 5.41) is 5.00. The van der Waals surface area contributed by atoms with E-state index in [-0.39, 0.29) is 24.2 Å². The van der Waals surface area contributed by atoms with Crippen molar-refractivity contribution in [2.45, 2.75) is 32.9 Å². The van der Waals surface area contributed by atoms with Crippen LogP contribution in [-0.2, 0) is 6.54 Å². The van der Waals surface area contributed by atoms with Crippen molar-refractivity contribution in [3.05, 3.63) is 51.5 Å². The summed E-state index contributed by atoms with van der Waals surface area (Å²) in [5.74, 6) is -1.77. The van der Waals surface area contributed by atoms with E-state index in [2.05, 4.69) is 24.1 Å². The number of rotatable bonds is 6. The van der Waals surface area contributed by atoms with Crippen LogP contribution in [0.2, 0.25) is 0 Å². The lowest BCUT2D eigenvalue weighted by Crippen LogP contribution is -2.23. The van der Waals surface area contributed by atoms with Gasteiger partial charge in [0.25, 0.3) is 5.91 Å². The standard InChI is InChI=1S/C16H19F2N3OS/c1-9(2)5-13(19)16-21-14(8-23-16)15(22)20-7-10-3-4-11(17)12(18)6-10/h3-4,6,8-9,13H,5,7,19H2,1-2H3,(H,20,22). The maximum absolute atomic E-state index is 13.1. The Morgan fingerprint density at radius 2 is 2.09 bits per heavy atom. The summed E-state index contributed by atoms with van der Waals surface area (Å²) in [6.45, 7) is 4.24. The molecule has 0 aliphatic heterocycles. The summed E-state index contributed by atoms with van der Waals surface area (Å²) in [6, 6.07) is 3.32. The molecular weight excluding hydrogens is 320 g/mol. The van der Waals surface area contributed by atoms with Gasteiger partial charge in [0.1, 0.15) is 10.7 Å². The van der Waals surface area contributed by atoms with E-state index in [0.717, 1.165) is 23.6 Å². The number of nitrogens with two attached hydrogens (primary N) is 1. The molecule has 4 nitrogen and oxygen atoms in total. The van der Waals surface area contributed by atoms with Crippen LogP contribution in [-0.4, -0.2) is 10.9 Å². The first kappa shape index (κ1) is 17.5. The van der Waals surface area contributed by atoms with Gasteiger partial charge in [0, 0.05) is 11.9 Å². The molecule has 1 unspecified atom stereocenters. The van der Waals surface area contributed by atoms with Crippen LogP contribution in [0.3, 0.4) is 0 Å². The number of aromatic nitrogens is 1. The number of carbonyl (C=O) groups is 1. The maximum Gasteiger partial charge on any atom is 0.271 e. The van der Waals surface area contributed by atoms with Gasteiger partial charge in [-0.3, -0.25) is 4.79 Å². The van der Waals surface area contributed by atoms with Crippen molar-refractivity contribution in [3.8, 4) is 0 Å². The van der Waals surface area contributed by atoms with Gasteiger partial charge < -0.3 is 11.1 Å². The highest BCUT2D eigenvalue weighted by Crippen LogP contribution is 2.22. The maximum atomic E-state index is 13.1. The molecule has 23 heavy (non-hydrogen) atoms. The molecule has 0 spiro atoms. The quantitative estimate of drug-likeness (QED) is 0.847. The number of halogens is 2. The van der Waals surface area contributed by atoms with Crippen LogP contribution < -0.4 is 11.1 Å². The number of nitrogens with one attached hydrogen (secondary N) is 1. The zero-order valence-corrected chi connectivity index (χ0v) is 13.8. The van der Waals surface area contributed by atoms with Crippen LogP contribution in [0, 0.1) is 17.6 Å². The molecule has 2 aromatic rings. The van der Waals surface area contributed by atoms with Crippen LogP contribution in [0.25, 0.3) is 0 Å². The molecular formula is C16H19F2N3OS. The Balaban J connectivity index is 1.95. The van der Waals surface area contributed by atoms with E-state index < -0.39 is 11.6 Å². The lowest BCUT2D eigenvalue weighted by Gasteiger charge is -2.10. The van der Waals surface area contributed by atoms with Gasteiger partial charge in [-0.15, -0.1) is 11.3 Å². The first-order valence-corrected chi connectivity index (χ1v) is 8.18. The molecule has 7 heteroatoms. The van der Waals surface area contributed by atoms with E-state index in [1.807, 2.05) is 0 Å². The van der Waals surface area contributed by atoms with Crippen LogP contribution >= 0.6 is 11.3 Å². The second-order valence-corrected chi connectivity index (χ2v) is 6.63. The van der Waals surface area contributed by atoms with E-state index in [0.29, 0.717) is 11.5 Å². The Kier molecular flexibility index (Phi) is 5.79. The zero-order chi connectivity index (χ0) is 17.0. The average molecular weight is 339 g/mol. The SMILES string of the molecule is CC(C)CC(N)c1nc(C(=O)NCc2ccc(F)c(F)c2)cs1. The largest absolute Gasteiger partial charge is 0.347 e. The molecule has 0 aliphatic carbocycles. The molecule has 0 aliphatic rings.